The van der Waals surface area contributed by atoms with Crippen molar-refractivity contribution in [1.82, 2.24) is 0 Å². The summed E-state index contributed by atoms with van der Waals surface area (Å²) in [7, 11) is 0. The lowest BCUT2D eigenvalue weighted by atomic mass is 9.54. The lowest BCUT2D eigenvalue weighted by Crippen LogP contribution is -2.48. The number of hydrogen-bond donors (Lipinski definition) is 0. The van der Waals surface area contributed by atoms with Crippen LogP contribution in [0.2, 0.25) is 0 Å². The molecule has 2 aliphatic carbocycles. The van der Waals surface area contributed by atoms with Gasteiger partial charge in [-0.1, -0.05) is 60.8 Å². The molecular formula is C30H54O4. The minimum absolute atomic E-state index is 0.369. The fourth-order valence-corrected chi connectivity index (χ4v) is 7.71. The Morgan fingerprint density at radius 3 is 1.68 bits per heavy atom. The molecule has 0 aromatic carbocycles. The van der Waals surface area contributed by atoms with Crippen molar-refractivity contribution < 1.29 is 18.9 Å². The normalized spacial score (nSPS) is 42.5. The minimum atomic E-state index is 0.369. The summed E-state index contributed by atoms with van der Waals surface area (Å²) in [6.45, 7) is 18.2. The second kappa shape index (κ2) is 11.9. The second-order valence-electron chi connectivity index (χ2n) is 12.9. The third-order valence-corrected chi connectivity index (χ3v) is 10.1. The van der Waals surface area contributed by atoms with Crippen molar-refractivity contribution in [3.63, 3.8) is 0 Å². The Morgan fingerprint density at radius 2 is 1.18 bits per heavy atom. The third kappa shape index (κ3) is 6.58. The summed E-state index contributed by atoms with van der Waals surface area (Å²) < 4.78 is 23.9. The second-order valence-corrected chi connectivity index (χ2v) is 12.9. The van der Waals surface area contributed by atoms with E-state index in [0.29, 0.717) is 53.5 Å². The first-order valence-electron chi connectivity index (χ1n) is 14.8. The van der Waals surface area contributed by atoms with E-state index in [4.69, 9.17) is 18.9 Å². The maximum Gasteiger partial charge on any atom is 0.104 e. The van der Waals surface area contributed by atoms with E-state index in [1.165, 1.54) is 57.8 Å². The average Bonchev–Trinajstić information content (AvgIpc) is 3.73. The predicted octanol–water partition coefficient (Wildman–Crippen LogP) is 6.90. The fraction of sp³-hybridized carbons (Fsp3) is 1.00. The summed E-state index contributed by atoms with van der Waals surface area (Å²) in [6, 6.07) is 0. The van der Waals surface area contributed by atoms with Crippen molar-refractivity contribution in [2.24, 2.45) is 40.9 Å². The average molecular weight is 479 g/mol. The van der Waals surface area contributed by atoms with Crippen molar-refractivity contribution in [3.05, 3.63) is 0 Å². The van der Waals surface area contributed by atoms with Crippen molar-refractivity contribution in [2.45, 2.75) is 124 Å². The smallest absolute Gasteiger partial charge is 0.104 e. The fourth-order valence-electron chi connectivity index (χ4n) is 7.71. The van der Waals surface area contributed by atoms with Gasteiger partial charge in [0.1, 0.15) is 12.2 Å². The molecule has 4 nitrogen and oxygen atoms in total. The molecule has 0 aromatic rings. The molecule has 4 fully saturated rings. The van der Waals surface area contributed by atoms with E-state index in [1.54, 1.807) is 0 Å². The van der Waals surface area contributed by atoms with Crippen LogP contribution < -0.4 is 0 Å². The first kappa shape index (κ1) is 26.9. The van der Waals surface area contributed by atoms with Gasteiger partial charge in [-0.05, 0) is 79.4 Å². The van der Waals surface area contributed by atoms with Crippen LogP contribution in [0.3, 0.4) is 0 Å². The van der Waals surface area contributed by atoms with E-state index in [0.717, 1.165) is 38.3 Å². The van der Waals surface area contributed by atoms with Gasteiger partial charge in [0.2, 0.25) is 0 Å². The van der Waals surface area contributed by atoms with Gasteiger partial charge in [0.25, 0.3) is 0 Å². The van der Waals surface area contributed by atoms with E-state index >= 15 is 0 Å². The largest absolute Gasteiger partial charge is 0.375 e. The van der Waals surface area contributed by atoms with Gasteiger partial charge < -0.3 is 18.9 Å². The molecule has 0 amide bonds. The molecule has 4 rings (SSSR count). The predicted molar refractivity (Wildman–Crippen MR) is 138 cm³/mol. The van der Waals surface area contributed by atoms with Crippen molar-refractivity contribution >= 4 is 0 Å². The van der Waals surface area contributed by atoms with Crippen LogP contribution in [0.1, 0.15) is 99.3 Å². The summed E-state index contributed by atoms with van der Waals surface area (Å²) in [4.78, 5) is 0. The highest BCUT2D eigenvalue weighted by Gasteiger charge is 2.49. The molecule has 0 radical (unpaired) electrons. The van der Waals surface area contributed by atoms with Crippen molar-refractivity contribution in [1.29, 1.82) is 0 Å². The Kier molecular flexibility index (Phi) is 9.43. The maximum atomic E-state index is 6.56. The molecule has 4 heteroatoms. The van der Waals surface area contributed by atoms with Gasteiger partial charge in [-0.2, -0.15) is 0 Å². The Morgan fingerprint density at radius 1 is 0.706 bits per heavy atom. The molecule has 2 aliphatic heterocycles. The summed E-state index contributed by atoms with van der Waals surface area (Å²) in [5.74, 6) is 4.31. The van der Waals surface area contributed by atoms with Gasteiger partial charge >= 0.3 is 0 Å². The lowest BCUT2D eigenvalue weighted by molar-refractivity contribution is -0.113. The summed E-state index contributed by atoms with van der Waals surface area (Å²) in [5, 5.41) is 0. The summed E-state index contributed by atoms with van der Waals surface area (Å²) in [5.41, 5.74) is 0.370. The van der Waals surface area contributed by atoms with E-state index in [2.05, 4.69) is 41.5 Å². The molecule has 2 heterocycles. The summed E-state index contributed by atoms with van der Waals surface area (Å²) >= 11 is 0. The van der Waals surface area contributed by atoms with Gasteiger partial charge in [0, 0.05) is 0 Å². The molecule has 0 N–H and O–H groups in total. The Balaban J connectivity index is 1.43. The van der Waals surface area contributed by atoms with E-state index in [1.807, 2.05) is 0 Å². The third-order valence-electron chi connectivity index (χ3n) is 10.1. The molecule has 2 saturated heterocycles. The molecule has 34 heavy (non-hydrogen) atoms. The number of hydrogen-bond acceptors (Lipinski definition) is 4. The van der Waals surface area contributed by atoms with Crippen molar-refractivity contribution in [3.8, 4) is 0 Å². The zero-order chi connectivity index (χ0) is 24.3. The minimum Gasteiger partial charge on any atom is -0.375 e. The molecular weight excluding hydrogens is 424 g/mol. The van der Waals surface area contributed by atoms with Gasteiger partial charge in [-0.15, -0.1) is 0 Å². The van der Waals surface area contributed by atoms with Crippen LogP contribution in [0.5, 0.6) is 0 Å². The van der Waals surface area contributed by atoms with Crippen LogP contribution in [-0.4, -0.2) is 50.8 Å². The van der Waals surface area contributed by atoms with E-state index in [-0.39, 0.29) is 0 Å². The Bertz CT molecular complexity index is 613. The first-order chi connectivity index (χ1) is 16.4. The molecule has 198 valence electrons. The van der Waals surface area contributed by atoms with E-state index < -0.39 is 0 Å². The van der Waals surface area contributed by atoms with Crippen LogP contribution >= 0.6 is 0 Å². The zero-order valence-corrected chi connectivity index (χ0v) is 23.1. The molecule has 0 spiro atoms. The number of rotatable bonds is 13. The standard InChI is InChI=1S/C30H54O4/c1-7-10-22-14-24(12-20(4)28(22)33-18-26-16-31-26)30(5,6)25-13-21(9-3)29(23(15-25)11-8-2)34-19-27-17-32-27/h20-29H,7-19H2,1-6H3. The van der Waals surface area contributed by atoms with Gasteiger partial charge in [-0.3, -0.25) is 0 Å². The molecule has 2 saturated carbocycles. The van der Waals surface area contributed by atoms with Gasteiger partial charge in [-0.25, -0.2) is 0 Å². The number of epoxide rings is 2. The van der Waals surface area contributed by atoms with Crippen LogP contribution in [-0.2, 0) is 18.9 Å². The number of ether oxygens (including phenoxy) is 4. The molecule has 10 atom stereocenters. The molecule has 4 aliphatic rings. The first-order valence-corrected chi connectivity index (χ1v) is 14.8. The molecule has 0 bridgehead atoms. The monoisotopic (exact) mass is 478 g/mol. The van der Waals surface area contributed by atoms with Gasteiger partial charge in [0.15, 0.2) is 0 Å². The highest BCUT2D eigenvalue weighted by Crippen LogP contribution is 2.54. The van der Waals surface area contributed by atoms with E-state index in [9.17, 15) is 0 Å². The van der Waals surface area contributed by atoms with Crippen LogP contribution in [0.4, 0.5) is 0 Å². The molecule has 0 aromatic heterocycles. The maximum absolute atomic E-state index is 6.56. The van der Waals surface area contributed by atoms with Crippen molar-refractivity contribution in [2.75, 3.05) is 26.4 Å². The lowest BCUT2D eigenvalue weighted by Gasteiger charge is -2.53. The SMILES string of the molecule is CCCC1CC(C(C)(C)C2CC(CC)C(OCC3CO3)C(CCC)C2)CC(C)C1OCC1CO1. The van der Waals surface area contributed by atoms with Crippen LogP contribution in [0.15, 0.2) is 0 Å². The molecule has 10 unspecified atom stereocenters. The highest BCUT2D eigenvalue weighted by atomic mass is 16.6. The highest BCUT2D eigenvalue weighted by molar-refractivity contribution is 4.98. The Hall–Kier alpha value is -0.160. The topological polar surface area (TPSA) is 43.5 Å². The zero-order valence-electron chi connectivity index (χ0n) is 23.1. The summed E-state index contributed by atoms with van der Waals surface area (Å²) in [6.07, 6.45) is 13.3. The van der Waals surface area contributed by atoms with Crippen LogP contribution in [0, 0.1) is 40.9 Å². The van der Waals surface area contributed by atoms with Crippen LogP contribution in [0.25, 0.3) is 0 Å². The Labute approximate surface area is 210 Å². The van der Waals surface area contributed by atoms with Gasteiger partial charge in [0.05, 0.1) is 38.6 Å². The quantitative estimate of drug-likeness (QED) is 0.270.